The van der Waals surface area contributed by atoms with Gasteiger partial charge in [0.1, 0.15) is 12.4 Å². The predicted molar refractivity (Wildman–Crippen MR) is 104 cm³/mol. The van der Waals surface area contributed by atoms with E-state index in [9.17, 15) is 14.9 Å². The molecule has 0 aliphatic carbocycles. The minimum atomic E-state index is -0.519. The lowest BCUT2D eigenvalue weighted by Crippen LogP contribution is -1.96. The van der Waals surface area contributed by atoms with Crippen LogP contribution in [-0.2, 0) is 6.61 Å². The summed E-state index contributed by atoms with van der Waals surface area (Å²) < 4.78 is 5.72. The molecule has 0 heterocycles. The molecule has 0 unspecified atom stereocenters. The largest absolute Gasteiger partial charge is 0.489 e. The van der Waals surface area contributed by atoms with Gasteiger partial charge in [0.15, 0.2) is 5.78 Å². The van der Waals surface area contributed by atoms with Crippen molar-refractivity contribution >= 4 is 17.5 Å². The maximum atomic E-state index is 12.2. The summed E-state index contributed by atoms with van der Waals surface area (Å²) in [6.45, 7) is 0.487. The first-order valence-corrected chi connectivity index (χ1v) is 8.35. The minimum Gasteiger partial charge on any atom is -0.489 e. The van der Waals surface area contributed by atoms with Crippen molar-refractivity contribution in [3.05, 3.63) is 112 Å². The van der Waals surface area contributed by atoms with Crippen molar-refractivity contribution in [1.82, 2.24) is 0 Å². The van der Waals surface area contributed by atoms with Crippen molar-refractivity contribution in [2.24, 2.45) is 0 Å². The normalized spacial score (nSPS) is 10.7. The summed E-state index contributed by atoms with van der Waals surface area (Å²) in [5.74, 6) is 0.448. The van der Waals surface area contributed by atoms with Crippen LogP contribution in [-0.4, -0.2) is 10.7 Å². The highest BCUT2D eigenvalue weighted by Crippen LogP contribution is 2.17. The van der Waals surface area contributed by atoms with E-state index in [0.717, 1.165) is 16.9 Å². The number of nitro benzene ring substituents is 1. The van der Waals surface area contributed by atoms with Gasteiger partial charge >= 0.3 is 0 Å². The van der Waals surface area contributed by atoms with Crippen molar-refractivity contribution < 1.29 is 14.5 Å². The van der Waals surface area contributed by atoms with E-state index in [-0.39, 0.29) is 17.0 Å². The van der Waals surface area contributed by atoms with Crippen molar-refractivity contribution in [3.8, 4) is 5.75 Å². The van der Waals surface area contributed by atoms with Crippen LogP contribution < -0.4 is 4.74 Å². The van der Waals surface area contributed by atoms with Gasteiger partial charge in [-0.1, -0.05) is 60.7 Å². The fourth-order valence-electron chi connectivity index (χ4n) is 2.46. The summed E-state index contributed by atoms with van der Waals surface area (Å²) in [6.07, 6.45) is 3.07. The number of rotatable bonds is 7. The van der Waals surface area contributed by atoms with Gasteiger partial charge in [-0.3, -0.25) is 14.9 Å². The number of hydrogen-bond acceptors (Lipinski definition) is 4. The fraction of sp³-hybridized carbons (Fsp3) is 0.0455. The van der Waals surface area contributed by atoms with Crippen LogP contribution in [0.1, 0.15) is 21.5 Å². The molecule has 5 heteroatoms. The molecule has 0 saturated carbocycles. The van der Waals surface area contributed by atoms with Gasteiger partial charge in [0.2, 0.25) is 0 Å². The Bertz CT molecular complexity index is 963. The first-order chi connectivity index (χ1) is 13.1. The topological polar surface area (TPSA) is 69.4 Å². The van der Waals surface area contributed by atoms with E-state index in [2.05, 4.69) is 0 Å². The summed E-state index contributed by atoms with van der Waals surface area (Å²) in [6, 6.07) is 22.9. The molecule has 3 rings (SSSR count). The average molecular weight is 359 g/mol. The Morgan fingerprint density at radius 3 is 2.41 bits per heavy atom. The number of nitrogens with zero attached hydrogens (tertiary/aromatic N) is 1. The van der Waals surface area contributed by atoms with E-state index >= 15 is 0 Å². The van der Waals surface area contributed by atoms with Gasteiger partial charge in [0.25, 0.3) is 5.69 Å². The second kappa shape index (κ2) is 8.58. The van der Waals surface area contributed by atoms with Gasteiger partial charge in [-0.25, -0.2) is 0 Å². The van der Waals surface area contributed by atoms with Crippen molar-refractivity contribution in [1.29, 1.82) is 0 Å². The molecular weight excluding hydrogens is 342 g/mol. The third-order valence-corrected chi connectivity index (χ3v) is 3.90. The zero-order valence-corrected chi connectivity index (χ0v) is 14.4. The molecule has 0 amide bonds. The zero-order valence-electron chi connectivity index (χ0n) is 14.4. The van der Waals surface area contributed by atoms with Crippen molar-refractivity contribution in [2.45, 2.75) is 6.61 Å². The number of carbonyl (C=O) groups is 1. The SMILES string of the molecule is O=C(/C=C/c1ccc(OCc2ccccc2)cc1)c1cccc([N+](=O)[O-])c1. The number of hydrogen-bond donors (Lipinski definition) is 0. The molecule has 0 aliphatic rings. The lowest BCUT2D eigenvalue weighted by molar-refractivity contribution is -0.384. The van der Waals surface area contributed by atoms with Crippen LogP contribution in [0.5, 0.6) is 5.75 Å². The molecule has 0 atom stereocenters. The predicted octanol–water partition coefficient (Wildman–Crippen LogP) is 5.07. The summed E-state index contributed by atoms with van der Waals surface area (Å²) in [4.78, 5) is 22.5. The Hall–Kier alpha value is -3.73. The highest BCUT2D eigenvalue weighted by atomic mass is 16.6. The van der Waals surface area contributed by atoms with Gasteiger partial charge in [-0.2, -0.15) is 0 Å². The lowest BCUT2D eigenvalue weighted by atomic mass is 10.1. The molecular formula is C22H17NO4. The van der Waals surface area contributed by atoms with Crippen LogP contribution in [0.25, 0.3) is 6.08 Å². The number of nitro groups is 1. The van der Waals surface area contributed by atoms with Crippen molar-refractivity contribution in [2.75, 3.05) is 0 Å². The molecule has 27 heavy (non-hydrogen) atoms. The zero-order chi connectivity index (χ0) is 19.1. The number of allylic oxidation sites excluding steroid dienone is 1. The van der Waals surface area contributed by atoms with E-state index in [0.29, 0.717) is 6.61 Å². The summed E-state index contributed by atoms with van der Waals surface area (Å²) in [5.41, 5.74) is 2.10. The van der Waals surface area contributed by atoms with E-state index in [1.54, 1.807) is 12.1 Å². The molecule has 0 bridgehead atoms. The molecule has 0 aliphatic heterocycles. The minimum absolute atomic E-state index is 0.103. The fourth-order valence-corrected chi connectivity index (χ4v) is 2.46. The monoisotopic (exact) mass is 359 g/mol. The highest BCUT2D eigenvalue weighted by molar-refractivity contribution is 6.07. The molecule has 0 spiro atoms. The molecule has 3 aromatic carbocycles. The Kier molecular flexibility index (Phi) is 5.74. The summed E-state index contributed by atoms with van der Waals surface area (Å²) in [5, 5.41) is 10.8. The number of carbonyl (C=O) groups excluding carboxylic acids is 1. The molecule has 0 N–H and O–H groups in total. The van der Waals surface area contributed by atoms with Gasteiger partial charge in [0.05, 0.1) is 4.92 Å². The highest BCUT2D eigenvalue weighted by Gasteiger charge is 2.09. The van der Waals surface area contributed by atoms with Gasteiger partial charge < -0.3 is 4.74 Å². The van der Waals surface area contributed by atoms with Gasteiger partial charge in [-0.15, -0.1) is 0 Å². The van der Waals surface area contributed by atoms with E-state index in [1.165, 1.54) is 24.3 Å². The maximum absolute atomic E-state index is 12.2. The third-order valence-electron chi connectivity index (χ3n) is 3.90. The number of ether oxygens (including phenoxy) is 1. The number of non-ortho nitro benzene ring substituents is 1. The lowest BCUT2D eigenvalue weighted by Gasteiger charge is -2.06. The Morgan fingerprint density at radius 1 is 0.963 bits per heavy atom. The maximum Gasteiger partial charge on any atom is 0.270 e. The molecule has 134 valence electrons. The average Bonchev–Trinajstić information content (AvgIpc) is 2.72. The smallest absolute Gasteiger partial charge is 0.270 e. The van der Waals surface area contributed by atoms with Gasteiger partial charge in [0, 0.05) is 17.7 Å². The molecule has 0 fully saturated rings. The standard InChI is InChI=1S/C22H17NO4/c24-22(19-7-4-8-20(15-19)23(25)26)14-11-17-9-12-21(13-10-17)27-16-18-5-2-1-3-6-18/h1-15H,16H2/b14-11+. The van der Waals surface area contributed by atoms with Crippen LogP contribution in [0.4, 0.5) is 5.69 Å². The Labute approximate surface area is 156 Å². The van der Waals surface area contributed by atoms with Crippen LogP contribution in [0, 0.1) is 10.1 Å². The van der Waals surface area contributed by atoms with Gasteiger partial charge in [-0.05, 0) is 29.3 Å². The molecule has 0 aromatic heterocycles. The van der Waals surface area contributed by atoms with Crippen LogP contribution >= 0.6 is 0 Å². The van der Waals surface area contributed by atoms with Crippen LogP contribution in [0.15, 0.2) is 84.9 Å². The Balaban J connectivity index is 1.61. The molecule has 3 aromatic rings. The first-order valence-electron chi connectivity index (χ1n) is 8.35. The van der Waals surface area contributed by atoms with E-state index in [4.69, 9.17) is 4.74 Å². The van der Waals surface area contributed by atoms with E-state index < -0.39 is 4.92 Å². The van der Waals surface area contributed by atoms with Crippen molar-refractivity contribution in [3.63, 3.8) is 0 Å². The summed E-state index contributed by atoms with van der Waals surface area (Å²) in [7, 11) is 0. The van der Waals surface area contributed by atoms with Crippen LogP contribution in [0.3, 0.4) is 0 Å². The number of ketones is 1. The Morgan fingerprint density at radius 2 is 1.70 bits per heavy atom. The third kappa shape index (κ3) is 5.12. The van der Waals surface area contributed by atoms with Crippen LogP contribution in [0.2, 0.25) is 0 Å². The summed E-state index contributed by atoms with van der Waals surface area (Å²) >= 11 is 0. The second-order valence-electron chi connectivity index (χ2n) is 5.85. The molecule has 5 nitrogen and oxygen atoms in total. The molecule has 0 radical (unpaired) electrons. The number of benzene rings is 3. The first kappa shape index (κ1) is 18.1. The molecule has 0 saturated heterocycles. The quantitative estimate of drug-likeness (QED) is 0.256. The van der Waals surface area contributed by atoms with E-state index in [1.807, 2.05) is 54.6 Å². The second-order valence-corrected chi connectivity index (χ2v) is 5.85.